The van der Waals surface area contributed by atoms with Crippen LogP contribution in [-0.4, -0.2) is 39.1 Å². The van der Waals surface area contributed by atoms with Crippen LogP contribution in [0.1, 0.15) is 18.4 Å². The van der Waals surface area contributed by atoms with E-state index in [1.807, 2.05) is 18.2 Å². The quantitative estimate of drug-likeness (QED) is 0.763. The fourth-order valence-electron chi connectivity index (χ4n) is 2.37. The lowest BCUT2D eigenvalue weighted by atomic mass is 9.86. The molecule has 0 radical (unpaired) electrons. The van der Waals surface area contributed by atoms with Gasteiger partial charge < -0.3 is 19.9 Å². The highest BCUT2D eigenvalue weighted by Crippen LogP contribution is 2.30. The maximum Gasteiger partial charge on any atom is 0.122 e. The first-order valence-corrected chi connectivity index (χ1v) is 6.80. The molecule has 19 heavy (non-hydrogen) atoms. The number of para-hydroxylation sites is 1. The van der Waals surface area contributed by atoms with Crippen molar-refractivity contribution in [3.63, 3.8) is 0 Å². The van der Waals surface area contributed by atoms with Crippen LogP contribution in [0.15, 0.2) is 24.3 Å². The Labute approximate surface area is 114 Å². The molecule has 1 aliphatic rings. The van der Waals surface area contributed by atoms with Crippen molar-refractivity contribution in [1.29, 1.82) is 0 Å². The lowest BCUT2D eigenvalue weighted by Gasteiger charge is -2.34. The van der Waals surface area contributed by atoms with Gasteiger partial charge in [-0.1, -0.05) is 18.2 Å². The van der Waals surface area contributed by atoms with Crippen LogP contribution in [0.3, 0.4) is 0 Å². The summed E-state index contributed by atoms with van der Waals surface area (Å²) in [5.74, 6) is 0.972. The highest BCUT2D eigenvalue weighted by atomic mass is 16.5. The predicted molar refractivity (Wildman–Crippen MR) is 74.5 cm³/mol. The number of hydrogen-bond donors (Lipinski definition) is 1. The van der Waals surface area contributed by atoms with Crippen LogP contribution in [0, 0.1) is 0 Å². The summed E-state index contributed by atoms with van der Waals surface area (Å²) in [7, 11) is 1.68. The van der Waals surface area contributed by atoms with Gasteiger partial charge in [0.05, 0.1) is 18.8 Å². The Morgan fingerprint density at radius 3 is 2.95 bits per heavy atom. The minimum Gasteiger partial charge on any atom is -0.491 e. The number of rotatable bonds is 7. The first-order valence-electron chi connectivity index (χ1n) is 6.80. The van der Waals surface area contributed by atoms with E-state index in [2.05, 4.69) is 6.07 Å². The lowest BCUT2D eigenvalue weighted by molar-refractivity contribution is 0.0639. The molecule has 2 rings (SSSR count). The largest absolute Gasteiger partial charge is 0.491 e. The molecule has 0 aliphatic carbocycles. The smallest absolute Gasteiger partial charge is 0.122 e. The maximum atomic E-state index is 6.41. The third-order valence-corrected chi connectivity index (χ3v) is 3.43. The van der Waals surface area contributed by atoms with Crippen LogP contribution in [-0.2, 0) is 15.9 Å². The second kappa shape index (κ2) is 6.89. The van der Waals surface area contributed by atoms with E-state index < -0.39 is 0 Å². The zero-order chi connectivity index (χ0) is 13.6. The Kier molecular flexibility index (Phi) is 5.19. The minimum atomic E-state index is -0.265. The predicted octanol–water partition coefficient (Wildman–Crippen LogP) is 1.76. The van der Waals surface area contributed by atoms with Crippen molar-refractivity contribution in [2.75, 3.05) is 33.5 Å². The minimum absolute atomic E-state index is 0.265. The summed E-state index contributed by atoms with van der Waals surface area (Å²) >= 11 is 0. The summed E-state index contributed by atoms with van der Waals surface area (Å²) in [4.78, 5) is 0. The Hall–Kier alpha value is -1.10. The van der Waals surface area contributed by atoms with E-state index in [4.69, 9.17) is 19.9 Å². The summed E-state index contributed by atoms with van der Waals surface area (Å²) in [6, 6.07) is 8.11. The summed E-state index contributed by atoms with van der Waals surface area (Å²) in [5, 5.41) is 0. The molecule has 2 N–H and O–H groups in total. The standard InChI is InChI=1S/C15H23NO3/c1-17-9-10-18-8-4-7-15(16)11-13-5-2-3-6-14(13)19-12-15/h2-3,5-6H,4,7-12,16H2,1H3. The zero-order valence-corrected chi connectivity index (χ0v) is 11.6. The molecule has 0 aromatic heterocycles. The van der Waals surface area contributed by atoms with E-state index in [0.29, 0.717) is 19.8 Å². The first kappa shape index (κ1) is 14.3. The third kappa shape index (κ3) is 4.20. The molecule has 0 fully saturated rings. The van der Waals surface area contributed by atoms with Crippen LogP contribution in [0.25, 0.3) is 0 Å². The van der Waals surface area contributed by atoms with Crippen molar-refractivity contribution in [2.24, 2.45) is 5.73 Å². The average Bonchev–Trinajstić information content (AvgIpc) is 2.42. The molecular formula is C15H23NO3. The number of hydrogen-bond acceptors (Lipinski definition) is 4. The third-order valence-electron chi connectivity index (χ3n) is 3.43. The van der Waals surface area contributed by atoms with Gasteiger partial charge in [-0.05, 0) is 30.9 Å². The van der Waals surface area contributed by atoms with Gasteiger partial charge in [0, 0.05) is 13.7 Å². The van der Waals surface area contributed by atoms with E-state index in [-0.39, 0.29) is 5.54 Å². The van der Waals surface area contributed by atoms with Gasteiger partial charge >= 0.3 is 0 Å². The SMILES string of the molecule is COCCOCCCC1(N)COc2ccccc2C1. The first-order chi connectivity index (χ1) is 9.23. The van der Waals surface area contributed by atoms with Crippen molar-refractivity contribution < 1.29 is 14.2 Å². The number of benzene rings is 1. The highest BCUT2D eigenvalue weighted by molar-refractivity contribution is 5.36. The number of fused-ring (bicyclic) bond motifs is 1. The molecule has 1 unspecified atom stereocenters. The maximum absolute atomic E-state index is 6.41. The van der Waals surface area contributed by atoms with E-state index in [1.165, 1.54) is 5.56 Å². The second-order valence-corrected chi connectivity index (χ2v) is 5.14. The van der Waals surface area contributed by atoms with Gasteiger partial charge in [-0.25, -0.2) is 0 Å². The molecule has 106 valence electrons. The Morgan fingerprint density at radius 1 is 1.26 bits per heavy atom. The molecule has 0 saturated carbocycles. The molecule has 1 aromatic carbocycles. The monoisotopic (exact) mass is 265 g/mol. The molecule has 0 bridgehead atoms. The summed E-state index contributed by atoms with van der Waals surface area (Å²) in [6.45, 7) is 2.60. The van der Waals surface area contributed by atoms with Gasteiger partial charge in [-0.3, -0.25) is 0 Å². The van der Waals surface area contributed by atoms with Crippen LogP contribution < -0.4 is 10.5 Å². The summed E-state index contributed by atoms with van der Waals surface area (Å²) in [5.41, 5.74) is 7.35. The van der Waals surface area contributed by atoms with Gasteiger partial charge in [-0.15, -0.1) is 0 Å². The Bertz CT molecular complexity index is 397. The molecule has 1 heterocycles. The molecular weight excluding hydrogens is 242 g/mol. The van der Waals surface area contributed by atoms with Crippen molar-refractivity contribution in [1.82, 2.24) is 0 Å². The topological polar surface area (TPSA) is 53.7 Å². The van der Waals surface area contributed by atoms with Crippen LogP contribution in [0.5, 0.6) is 5.75 Å². The Balaban J connectivity index is 1.75. The van der Waals surface area contributed by atoms with E-state index >= 15 is 0 Å². The van der Waals surface area contributed by atoms with Crippen LogP contribution in [0.4, 0.5) is 0 Å². The van der Waals surface area contributed by atoms with Crippen molar-refractivity contribution in [3.05, 3.63) is 29.8 Å². The number of ether oxygens (including phenoxy) is 3. The Morgan fingerprint density at radius 2 is 2.11 bits per heavy atom. The zero-order valence-electron chi connectivity index (χ0n) is 11.6. The van der Waals surface area contributed by atoms with E-state index in [0.717, 1.165) is 31.6 Å². The van der Waals surface area contributed by atoms with Gasteiger partial charge in [0.15, 0.2) is 0 Å². The summed E-state index contributed by atoms with van der Waals surface area (Å²) < 4.78 is 16.1. The normalized spacial score (nSPS) is 21.8. The lowest BCUT2D eigenvalue weighted by Crippen LogP contribution is -2.50. The molecule has 0 saturated heterocycles. The van der Waals surface area contributed by atoms with E-state index in [1.54, 1.807) is 7.11 Å². The van der Waals surface area contributed by atoms with Crippen LogP contribution in [0.2, 0.25) is 0 Å². The van der Waals surface area contributed by atoms with Gasteiger partial charge in [0.1, 0.15) is 12.4 Å². The van der Waals surface area contributed by atoms with Crippen LogP contribution >= 0.6 is 0 Å². The average molecular weight is 265 g/mol. The van der Waals surface area contributed by atoms with Gasteiger partial charge in [0.2, 0.25) is 0 Å². The molecule has 4 heteroatoms. The highest BCUT2D eigenvalue weighted by Gasteiger charge is 2.31. The summed E-state index contributed by atoms with van der Waals surface area (Å²) in [6.07, 6.45) is 2.74. The molecule has 4 nitrogen and oxygen atoms in total. The van der Waals surface area contributed by atoms with Crippen molar-refractivity contribution in [3.8, 4) is 5.75 Å². The second-order valence-electron chi connectivity index (χ2n) is 5.14. The molecule has 1 atom stereocenters. The molecule has 1 aliphatic heterocycles. The van der Waals surface area contributed by atoms with Gasteiger partial charge in [-0.2, -0.15) is 0 Å². The fraction of sp³-hybridized carbons (Fsp3) is 0.600. The van der Waals surface area contributed by atoms with E-state index in [9.17, 15) is 0 Å². The molecule has 0 spiro atoms. The molecule has 1 aromatic rings. The van der Waals surface area contributed by atoms with Crippen molar-refractivity contribution >= 4 is 0 Å². The van der Waals surface area contributed by atoms with Gasteiger partial charge in [0.25, 0.3) is 0 Å². The molecule has 0 amide bonds. The van der Waals surface area contributed by atoms with Crippen molar-refractivity contribution in [2.45, 2.75) is 24.8 Å². The fourth-order valence-corrected chi connectivity index (χ4v) is 2.37. The number of nitrogens with two attached hydrogens (primary N) is 1. The number of methoxy groups -OCH3 is 1.